The first kappa shape index (κ1) is 19.7. The number of halogens is 3. The van der Waals surface area contributed by atoms with Gasteiger partial charge < -0.3 is 14.8 Å². The minimum atomic E-state index is -4.77. The number of hydrogen-bond donors (Lipinski definition) is 1. The van der Waals surface area contributed by atoms with E-state index in [1.54, 1.807) is 24.3 Å². The predicted octanol–water partition coefficient (Wildman–Crippen LogP) is 5.18. The number of carbonyl (C=O) groups excluding carboxylic acids is 1. The lowest BCUT2D eigenvalue weighted by Gasteiger charge is -2.12. The van der Waals surface area contributed by atoms with Crippen LogP contribution in [-0.4, -0.2) is 17.3 Å². The highest BCUT2D eigenvalue weighted by molar-refractivity contribution is 7.09. The minimum Gasteiger partial charge on any atom is -0.486 e. The van der Waals surface area contributed by atoms with Gasteiger partial charge in [0.05, 0.1) is 16.3 Å². The van der Waals surface area contributed by atoms with Crippen LogP contribution in [0.25, 0.3) is 0 Å². The van der Waals surface area contributed by atoms with Crippen LogP contribution in [-0.2, 0) is 6.61 Å². The summed E-state index contributed by atoms with van der Waals surface area (Å²) in [6.45, 7) is 2.11. The number of aryl methyl sites for hydroxylation is 1. The van der Waals surface area contributed by atoms with Crippen molar-refractivity contribution in [3.63, 3.8) is 0 Å². The number of carbonyl (C=O) groups is 1. The zero-order valence-electron chi connectivity index (χ0n) is 14.6. The summed E-state index contributed by atoms with van der Waals surface area (Å²) in [6.07, 6.45) is -4.77. The first-order valence-electron chi connectivity index (χ1n) is 8.10. The van der Waals surface area contributed by atoms with Gasteiger partial charge in [-0.05, 0) is 43.3 Å². The summed E-state index contributed by atoms with van der Waals surface area (Å²) in [5.74, 6) is -0.440. The van der Waals surface area contributed by atoms with E-state index in [2.05, 4.69) is 15.0 Å². The molecular formula is C19H15F3N2O3S. The summed E-state index contributed by atoms with van der Waals surface area (Å²) in [7, 11) is 0. The Morgan fingerprint density at radius 1 is 1.14 bits per heavy atom. The Morgan fingerprint density at radius 2 is 1.86 bits per heavy atom. The van der Waals surface area contributed by atoms with Gasteiger partial charge in [0.15, 0.2) is 0 Å². The molecule has 0 unspecified atom stereocenters. The summed E-state index contributed by atoms with van der Waals surface area (Å²) in [5, 5.41) is 5.42. The number of nitrogens with one attached hydrogen (secondary N) is 1. The van der Waals surface area contributed by atoms with Gasteiger partial charge in [0.25, 0.3) is 5.91 Å². The lowest BCUT2D eigenvalue weighted by atomic mass is 10.2. The molecule has 0 bridgehead atoms. The van der Waals surface area contributed by atoms with Crippen molar-refractivity contribution in [2.45, 2.75) is 19.9 Å². The molecule has 0 saturated carbocycles. The molecule has 1 heterocycles. The zero-order chi connectivity index (χ0) is 20.1. The van der Waals surface area contributed by atoms with E-state index in [4.69, 9.17) is 4.74 Å². The van der Waals surface area contributed by atoms with Gasteiger partial charge in [-0.1, -0.05) is 12.1 Å². The molecule has 28 heavy (non-hydrogen) atoms. The quantitative estimate of drug-likeness (QED) is 0.610. The highest BCUT2D eigenvalue weighted by atomic mass is 32.1. The van der Waals surface area contributed by atoms with Crippen LogP contribution in [0.15, 0.2) is 53.9 Å². The van der Waals surface area contributed by atoms with Crippen molar-refractivity contribution in [3.05, 3.63) is 70.2 Å². The Hall–Kier alpha value is -3.07. The Labute approximate surface area is 162 Å². The van der Waals surface area contributed by atoms with Crippen molar-refractivity contribution in [1.29, 1.82) is 0 Å². The molecule has 2 aromatic carbocycles. The highest BCUT2D eigenvalue weighted by Gasteiger charge is 2.31. The summed E-state index contributed by atoms with van der Waals surface area (Å²) in [4.78, 5) is 16.9. The van der Waals surface area contributed by atoms with Crippen LogP contribution in [0.4, 0.5) is 18.9 Å². The van der Waals surface area contributed by atoms with Crippen LogP contribution in [0.3, 0.4) is 0 Å². The number of aromatic nitrogens is 1. The molecule has 9 heteroatoms. The van der Waals surface area contributed by atoms with E-state index in [1.807, 2.05) is 12.3 Å². The number of rotatable bonds is 6. The predicted molar refractivity (Wildman–Crippen MR) is 98.7 cm³/mol. The maximum absolute atomic E-state index is 12.5. The first-order chi connectivity index (χ1) is 13.3. The zero-order valence-corrected chi connectivity index (χ0v) is 15.4. The highest BCUT2D eigenvalue weighted by Crippen LogP contribution is 2.25. The number of thiazole rings is 1. The van der Waals surface area contributed by atoms with Crippen molar-refractivity contribution < 1.29 is 27.4 Å². The van der Waals surface area contributed by atoms with Crippen molar-refractivity contribution in [2.24, 2.45) is 0 Å². The van der Waals surface area contributed by atoms with E-state index in [0.29, 0.717) is 17.0 Å². The normalized spacial score (nSPS) is 11.1. The Balaban J connectivity index is 1.67. The van der Waals surface area contributed by atoms with E-state index < -0.39 is 12.3 Å². The van der Waals surface area contributed by atoms with E-state index in [1.165, 1.54) is 23.5 Å². The van der Waals surface area contributed by atoms with Crippen molar-refractivity contribution >= 4 is 22.9 Å². The second-order valence-electron chi connectivity index (χ2n) is 5.67. The number of anilines is 1. The van der Waals surface area contributed by atoms with Crippen LogP contribution in [0.2, 0.25) is 0 Å². The van der Waals surface area contributed by atoms with Crippen LogP contribution in [0.1, 0.15) is 21.1 Å². The standard InChI is InChI=1S/C19H15F3N2O3S/c1-12-23-14(11-28-12)10-26-17-5-3-2-4-16(17)18(25)24-13-6-8-15(9-7-13)27-19(20,21)22/h2-9,11H,10H2,1H3,(H,24,25). The molecule has 0 radical (unpaired) electrons. The minimum absolute atomic E-state index is 0.220. The van der Waals surface area contributed by atoms with Crippen LogP contribution < -0.4 is 14.8 Å². The van der Waals surface area contributed by atoms with Gasteiger partial charge in [0.1, 0.15) is 18.1 Å². The summed E-state index contributed by atoms with van der Waals surface area (Å²) >= 11 is 1.51. The molecule has 0 aliphatic heterocycles. The Bertz CT molecular complexity index is 956. The van der Waals surface area contributed by atoms with Crippen molar-refractivity contribution in [3.8, 4) is 11.5 Å². The second kappa shape index (κ2) is 8.30. The topological polar surface area (TPSA) is 60.5 Å². The second-order valence-corrected chi connectivity index (χ2v) is 6.73. The molecule has 0 fully saturated rings. The van der Waals surface area contributed by atoms with E-state index in [9.17, 15) is 18.0 Å². The van der Waals surface area contributed by atoms with E-state index >= 15 is 0 Å². The number of nitrogens with zero attached hydrogens (tertiary/aromatic N) is 1. The third-order valence-electron chi connectivity index (χ3n) is 3.52. The molecule has 1 aromatic heterocycles. The van der Waals surface area contributed by atoms with Gasteiger partial charge >= 0.3 is 6.36 Å². The smallest absolute Gasteiger partial charge is 0.486 e. The van der Waals surface area contributed by atoms with Crippen LogP contribution in [0, 0.1) is 6.92 Å². The lowest BCUT2D eigenvalue weighted by Crippen LogP contribution is -2.17. The van der Waals surface area contributed by atoms with Gasteiger partial charge in [0.2, 0.25) is 0 Å². The maximum atomic E-state index is 12.5. The third-order valence-corrected chi connectivity index (χ3v) is 4.34. The maximum Gasteiger partial charge on any atom is 0.573 e. The Kier molecular flexibility index (Phi) is 5.84. The fourth-order valence-electron chi connectivity index (χ4n) is 2.34. The molecule has 1 N–H and O–H groups in total. The lowest BCUT2D eigenvalue weighted by molar-refractivity contribution is -0.274. The number of benzene rings is 2. The molecule has 3 rings (SSSR count). The van der Waals surface area contributed by atoms with Crippen molar-refractivity contribution in [1.82, 2.24) is 4.98 Å². The molecular weight excluding hydrogens is 393 g/mol. The molecule has 0 spiro atoms. The van der Waals surface area contributed by atoms with E-state index in [-0.39, 0.29) is 12.4 Å². The molecule has 1 amide bonds. The summed E-state index contributed by atoms with van der Waals surface area (Å²) < 4.78 is 46.1. The van der Waals surface area contributed by atoms with Crippen molar-refractivity contribution in [2.75, 3.05) is 5.32 Å². The van der Waals surface area contributed by atoms with Gasteiger partial charge in [-0.3, -0.25) is 4.79 Å². The number of ether oxygens (including phenoxy) is 2. The average molecular weight is 408 g/mol. The number of hydrogen-bond acceptors (Lipinski definition) is 5. The summed E-state index contributed by atoms with van der Waals surface area (Å²) in [6, 6.07) is 11.6. The number of amides is 1. The molecule has 0 aliphatic rings. The summed E-state index contributed by atoms with van der Waals surface area (Å²) in [5.41, 5.74) is 1.38. The number of para-hydroxylation sites is 1. The van der Waals surface area contributed by atoms with Gasteiger partial charge in [-0.15, -0.1) is 24.5 Å². The van der Waals surface area contributed by atoms with Crippen LogP contribution in [0.5, 0.6) is 11.5 Å². The van der Waals surface area contributed by atoms with Gasteiger partial charge in [0, 0.05) is 11.1 Å². The fraction of sp³-hybridized carbons (Fsp3) is 0.158. The fourth-order valence-corrected chi connectivity index (χ4v) is 2.94. The first-order valence-corrected chi connectivity index (χ1v) is 8.98. The molecule has 146 valence electrons. The largest absolute Gasteiger partial charge is 0.573 e. The molecule has 3 aromatic rings. The van der Waals surface area contributed by atoms with Gasteiger partial charge in [-0.25, -0.2) is 4.98 Å². The molecule has 5 nitrogen and oxygen atoms in total. The monoisotopic (exact) mass is 408 g/mol. The molecule has 0 atom stereocenters. The average Bonchev–Trinajstić information content (AvgIpc) is 3.06. The molecule has 0 aliphatic carbocycles. The van der Waals surface area contributed by atoms with E-state index in [0.717, 1.165) is 22.8 Å². The molecule has 0 saturated heterocycles. The SMILES string of the molecule is Cc1nc(COc2ccccc2C(=O)Nc2ccc(OC(F)(F)F)cc2)cs1. The number of alkyl halides is 3. The van der Waals surface area contributed by atoms with Crippen LogP contribution >= 0.6 is 11.3 Å². The Morgan fingerprint density at radius 3 is 2.50 bits per heavy atom. The van der Waals surface area contributed by atoms with Gasteiger partial charge in [-0.2, -0.15) is 0 Å². The third kappa shape index (κ3) is 5.46.